The third-order valence-corrected chi connectivity index (χ3v) is 3.55. The Labute approximate surface area is 125 Å². The molecular formula is C12H17N5O5. The molecule has 0 saturated carbocycles. The fraction of sp³-hybridized carbons (Fsp3) is 0.583. The lowest BCUT2D eigenvalue weighted by atomic mass is 10.1. The average molecular weight is 311 g/mol. The summed E-state index contributed by atoms with van der Waals surface area (Å²) in [6.07, 6.45) is -1.44. The standard InChI is InChI=1S/C12H17N5O5/c18-2-1-13-10-7-11(15-4-14-10)17(5-16-7)12-9(21)8(20)6(3-19)22-12/h4-6,8-9,12,18-21H,1-3H2,(H,13,14,15)/t6-,8+,9-,12-/m0/s1. The van der Waals surface area contributed by atoms with E-state index in [2.05, 4.69) is 20.3 Å². The van der Waals surface area contributed by atoms with E-state index >= 15 is 0 Å². The summed E-state index contributed by atoms with van der Waals surface area (Å²) in [5.74, 6) is 0.449. The molecule has 3 rings (SSSR count). The summed E-state index contributed by atoms with van der Waals surface area (Å²) in [7, 11) is 0. The smallest absolute Gasteiger partial charge is 0.167 e. The first-order chi connectivity index (χ1) is 10.7. The van der Waals surface area contributed by atoms with E-state index in [0.717, 1.165) is 0 Å². The molecule has 5 N–H and O–H groups in total. The Kier molecular flexibility index (Phi) is 4.18. The Balaban J connectivity index is 1.95. The van der Waals surface area contributed by atoms with Crippen molar-refractivity contribution >= 4 is 17.0 Å². The molecule has 1 fully saturated rings. The third kappa shape index (κ3) is 2.40. The number of nitrogens with one attached hydrogen (secondary N) is 1. The molecule has 0 bridgehead atoms. The van der Waals surface area contributed by atoms with E-state index in [1.807, 2.05) is 0 Å². The molecule has 2 aromatic rings. The number of hydrogen-bond donors (Lipinski definition) is 5. The van der Waals surface area contributed by atoms with E-state index in [0.29, 0.717) is 23.5 Å². The van der Waals surface area contributed by atoms with Crippen LogP contribution in [0.4, 0.5) is 5.82 Å². The van der Waals surface area contributed by atoms with Crippen LogP contribution in [0.1, 0.15) is 6.23 Å². The van der Waals surface area contributed by atoms with Gasteiger partial charge in [-0.05, 0) is 0 Å². The van der Waals surface area contributed by atoms with E-state index in [9.17, 15) is 10.2 Å². The van der Waals surface area contributed by atoms with Crippen LogP contribution in [-0.2, 0) is 4.74 Å². The van der Waals surface area contributed by atoms with Crippen LogP contribution in [0.2, 0.25) is 0 Å². The summed E-state index contributed by atoms with van der Waals surface area (Å²) in [5, 5.41) is 40.8. The molecule has 10 heteroatoms. The Morgan fingerprint density at radius 1 is 1.18 bits per heavy atom. The molecule has 0 unspecified atom stereocenters. The van der Waals surface area contributed by atoms with Gasteiger partial charge in [-0.3, -0.25) is 4.57 Å². The van der Waals surface area contributed by atoms with Crippen LogP contribution in [0, 0.1) is 0 Å². The lowest BCUT2D eigenvalue weighted by molar-refractivity contribution is -0.0511. The van der Waals surface area contributed by atoms with Crippen molar-refractivity contribution in [2.24, 2.45) is 0 Å². The van der Waals surface area contributed by atoms with Crippen LogP contribution in [0.25, 0.3) is 11.2 Å². The number of fused-ring (bicyclic) bond motifs is 1. The minimum atomic E-state index is -1.21. The highest BCUT2D eigenvalue weighted by Gasteiger charge is 2.43. The Bertz CT molecular complexity index is 650. The molecule has 120 valence electrons. The summed E-state index contributed by atoms with van der Waals surface area (Å²) in [4.78, 5) is 12.3. The van der Waals surface area contributed by atoms with Crippen molar-refractivity contribution in [3.8, 4) is 0 Å². The molecule has 2 aromatic heterocycles. The molecule has 1 aliphatic rings. The maximum absolute atomic E-state index is 10.1. The SMILES string of the molecule is OCCNc1ncnc2c1ncn2[C@H]1O[C@@H](CO)[C@@H](O)[C@@H]1O. The molecule has 22 heavy (non-hydrogen) atoms. The van der Waals surface area contributed by atoms with Crippen molar-refractivity contribution in [1.82, 2.24) is 19.5 Å². The number of aliphatic hydroxyl groups is 4. The summed E-state index contributed by atoms with van der Waals surface area (Å²) < 4.78 is 6.94. The normalized spacial score (nSPS) is 28.4. The van der Waals surface area contributed by atoms with Crippen LogP contribution in [0.5, 0.6) is 0 Å². The highest BCUT2D eigenvalue weighted by Crippen LogP contribution is 2.31. The summed E-state index contributed by atoms with van der Waals surface area (Å²) in [6.45, 7) is -0.145. The van der Waals surface area contributed by atoms with Gasteiger partial charge in [-0.1, -0.05) is 0 Å². The zero-order valence-electron chi connectivity index (χ0n) is 11.6. The lowest BCUT2D eigenvalue weighted by Crippen LogP contribution is -2.33. The van der Waals surface area contributed by atoms with E-state index in [4.69, 9.17) is 14.9 Å². The number of hydrogen-bond acceptors (Lipinski definition) is 9. The van der Waals surface area contributed by atoms with Gasteiger partial charge in [-0.15, -0.1) is 0 Å². The number of nitrogens with zero attached hydrogens (tertiary/aromatic N) is 4. The third-order valence-electron chi connectivity index (χ3n) is 3.55. The first kappa shape index (κ1) is 15.1. The number of aromatic nitrogens is 4. The van der Waals surface area contributed by atoms with Crippen molar-refractivity contribution in [3.05, 3.63) is 12.7 Å². The minimum Gasteiger partial charge on any atom is -0.395 e. The number of rotatable bonds is 5. The maximum Gasteiger partial charge on any atom is 0.167 e. The van der Waals surface area contributed by atoms with Gasteiger partial charge in [0.2, 0.25) is 0 Å². The fourth-order valence-electron chi connectivity index (χ4n) is 2.45. The van der Waals surface area contributed by atoms with E-state index in [1.165, 1.54) is 17.2 Å². The molecule has 0 spiro atoms. The van der Waals surface area contributed by atoms with Gasteiger partial charge in [0, 0.05) is 6.54 Å². The molecule has 3 heterocycles. The monoisotopic (exact) mass is 311 g/mol. The lowest BCUT2D eigenvalue weighted by Gasteiger charge is -2.16. The van der Waals surface area contributed by atoms with Gasteiger partial charge in [-0.25, -0.2) is 15.0 Å². The second kappa shape index (κ2) is 6.10. The van der Waals surface area contributed by atoms with Crippen molar-refractivity contribution in [1.29, 1.82) is 0 Å². The van der Waals surface area contributed by atoms with Gasteiger partial charge >= 0.3 is 0 Å². The summed E-state index contributed by atoms with van der Waals surface area (Å²) in [5.41, 5.74) is 0.860. The maximum atomic E-state index is 10.1. The van der Waals surface area contributed by atoms with Gasteiger partial charge in [0.15, 0.2) is 23.2 Å². The molecular weight excluding hydrogens is 294 g/mol. The highest BCUT2D eigenvalue weighted by molar-refractivity contribution is 5.82. The zero-order valence-corrected chi connectivity index (χ0v) is 11.6. The van der Waals surface area contributed by atoms with Crippen molar-refractivity contribution in [3.63, 3.8) is 0 Å². The van der Waals surface area contributed by atoms with E-state index < -0.39 is 31.1 Å². The topological polar surface area (TPSA) is 146 Å². The van der Waals surface area contributed by atoms with Crippen LogP contribution >= 0.6 is 0 Å². The predicted octanol–water partition coefficient (Wildman–Crippen LogP) is -2.16. The summed E-state index contributed by atoms with van der Waals surface area (Å²) >= 11 is 0. The van der Waals surface area contributed by atoms with E-state index in [-0.39, 0.29) is 6.61 Å². The molecule has 10 nitrogen and oxygen atoms in total. The van der Waals surface area contributed by atoms with Crippen molar-refractivity contribution in [2.45, 2.75) is 24.5 Å². The molecule has 1 saturated heterocycles. The van der Waals surface area contributed by atoms with Gasteiger partial charge in [0.05, 0.1) is 19.5 Å². The molecule has 0 aliphatic carbocycles. The summed E-state index contributed by atoms with van der Waals surface area (Å²) in [6, 6.07) is 0. The van der Waals surface area contributed by atoms with Crippen LogP contribution < -0.4 is 5.32 Å². The quantitative estimate of drug-likeness (QED) is 0.417. The zero-order chi connectivity index (χ0) is 15.7. The largest absolute Gasteiger partial charge is 0.395 e. The first-order valence-corrected chi connectivity index (χ1v) is 6.82. The Hall–Kier alpha value is -1.85. The fourth-order valence-corrected chi connectivity index (χ4v) is 2.45. The van der Waals surface area contributed by atoms with Crippen LogP contribution in [0.15, 0.2) is 12.7 Å². The average Bonchev–Trinajstić information content (AvgIpc) is 3.08. The molecule has 0 amide bonds. The van der Waals surface area contributed by atoms with Gasteiger partial charge in [0.25, 0.3) is 0 Å². The number of aliphatic hydroxyl groups excluding tert-OH is 4. The molecule has 1 aliphatic heterocycles. The number of imidazole rings is 1. The highest BCUT2D eigenvalue weighted by atomic mass is 16.6. The van der Waals surface area contributed by atoms with Crippen molar-refractivity contribution < 1.29 is 25.2 Å². The van der Waals surface area contributed by atoms with Crippen molar-refractivity contribution in [2.75, 3.05) is 25.1 Å². The predicted molar refractivity (Wildman–Crippen MR) is 73.9 cm³/mol. The first-order valence-electron chi connectivity index (χ1n) is 6.82. The molecule has 0 radical (unpaired) electrons. The molecule has 4 atom stereocenters. The number of ether oxygens (including phenoxy) is 1. The minimum absolute atomic E-state index is 0.0545. The van der Waals surface area contributed by atoms with Gasteiger partial charge < -0.3 is 30.5 Å². The van der Waals surface area contributed by atoms with Gasteiger partial charge in [0.1, 0.15) is 24.6 Å². The van der Waals surface area contributed by atoms with E-state index in [1.54, 1.807) is 0 Å². The number of anilines is 1. The second-order valence-corrected chi connectivity index (χ2v) is 4.93. The molecule has 0 aromatic carbocycles. The Morgan fingerprint density at radius 3 is 2.68 bits per heavy atom. The van der Waals surface area contributed by atoms with Crippen LogP contribution in [0.3, 0.4) is 0 Å². The van der Waals surface area contributed by atoms with Gasteiger partial charge in [-0.2, -0.15) is 0 Å². The second-order valence-electron chi connectivity index (χ2n) is 4.93. The Morgan fingerprint density at radius 2 is 2.00 bits per heavy atom. The van der Waals surface area contributed by atoms with Crippen LogP contribution in [-0.4, -0.2) is 78.0 Å².